The molecule has 0 aromatic heterocycles. The third-order valence-corrected chi connectivity index (χ3v) is 2.84. The molecule has 0 spiro atoms. The number of hydrogen-bond donors (Lipinski definition) is 1. The first-order valence-electron chi connectivity index (χ1n) is 6.71. The van der Waals surface area contributed by atoms with E-state index in [-0.39, 0.29) is 12.5 Å². The Morgan fingerprint density at radius 3 is 2.28 bits per heavy atom. The molecule has 1 aromatic rings. The molecule has 0 saturated carbocycles. The van der Waals surface area contributed by atoms with Crippen molar-refractivity contribution in [3.05, 3.63) is 29.3 Å². The average molecular weight is 249 g/mol. The van der Waals surface area contributed by atoms with Crippen molar-refractivity contribution < 1.29 is 9.53 Å². The quantitative estimate of drug-likeness (QED) is 0.754. The largest absolute Gasteiger partial charge is 0.372 e. The molecule has 0 aliphatic rings. The summed E-state index contributed by atoms with van der Waals surface area (Å²) in [6.07, 6.45) is 2.76. The lowest BCUT2D eigenvalue weighted by atomic mass is 10.0. The van der Waals surface area contributed by atoms with E-state index in [2.05, 4.69) is 31.3 Å². The van der Waals surface area contributed by atoms with E-state index < -0.39 is 0 Å². The van der Waals surface area contributed by atoms with E-state index in [0.717, 1.165) is 24.9 Å². The maximum atomic E-state index is 11.8. The highest BCUT2D eigenvalue weighted by Gasteiger charge is 2.09. The molecule has 18 heavy (non-hydrogen) atoms. The van der Waals surface area contributed by atoms with Crippen LogP contribution in [0.25, 0.3) is 0 Å². The van der Waals surface area contributed by atoms with Crippen molar-refractivity contribution in [2.24, 2.45) is 0 Å². The maximum Gasteiger partial charge on any atom is 0.250 e. The minimum atomic E-state index is -0.0703. The third-order valence-electron chi connectivity index (χ3n) is 2.84. The summed E-state index contributed by atoms with van der Waals surface area (Å²) < 4.78 is 5.25. The van der Waals surface area contributed by atoms with Gasteiger partial charge in [-0.05, 0) is 30.4 Å². The summed E-state index contributed by atoms with van der Waals surface area (Å²) in [6.45, 7) is 6.98. The number of ether oxygens (including phenoxy) is 1. The zero-order valence-electron chi connectivity index (χ0n) is 11.6. The lowest BCUT2D eigenvalue weighted by molar-refractivity contribution is -0.120. The highest BCUT2D eigenvalue weighted by Crippen LogP contribution is 2.22. The van der Waals surface area contributed by atoms with Crippen molar-refractivity contribution in [1.82, 2.24) is 0 Å². The molecule has 100 valence electrons. The zero-order valence-corrected chi connectivity index (χ0v) is 11.6. The van der Waals surface area contributed by atoms with Gasteiger partial charge in [-0.2, -0.15) is 0 Å². The standard InChI is InChI=1S/C15H23NO2/c1-4-10-18-11-14(17)16-15-12(5-2)8-7-9-13(15)6-3/h7-9H,4-6,10-11H2,1-3H3,(H,16,17). The number of para-hydroxylation sites is 1. The number of carbonyl (C=O) groups excluding carboxylic acids is 1. The Kier molecular flexibility index (Phi) is 6.44. The van der Waals surface area contributed by atoms with Gasteiger partial charge in [0.2, 0.25) is 5.91 Å². The molecular weight excluding hydrogens is 226 g/mol. The Hall–Kier alpha value is -1.35. The molecule has 0 aliphatic heterocycles. The highest BCUT2D eigenvalue weighted by atomic mass is 16.5. The van der Waals surface area contributed by atoms with Crippen molar-refractivity contribution in [1.29, 1.82) is 0 Å². The minimum absolute atomic E-state index is 0.0703. The molecule has 0 atom stereocenters. The SMILES string of the molecule is CCCOCC(=O)Nc1c(CC)cccc1CC. The number of aryl methyl sites for hydroxylation is 2. The van der Waals surface area contributed by atoms with Crippen LogP contribution in [-0.4, -0.2) is 19.1 Å². The first kappa shape index (κ1) is 14.7. The number of nitrogens with one attached hydrogen (secondary N) is 1. The van der Waals surface area contributed by atoms with E-state index in [9.17, 15) is 4.79 Å². The van der Waals surface area contributed by atoms with Gasteiger partial charge in [0.05, 0.1) is 0 Å². The monoisotopic (exact) mass is 249 g/mol. The maximum absolute atomic E-state index is 11.8. The summed E-state index contributed by atoms with van der Waals surface area (Å²) in [5.41, 5.74) is 3.32. The second kappa shape index (κ2) is 7.88. The van der Waals surface area contributed by atoms with Crippen molar-refractivity contribution in [2.75, 3.05) is 18.5 Å². The summed E-state index contributed by atoms with van der Waals surface area (Å²) in [4.78, 5) is 11.8. The van der Waals surface area contributed by atoms with Gasteiger partial charge in [0, 0.05) is 12.3 Å². The van der Waals surface area contributed by atoms with Crippen molar-refractivity contribution in [2.45, 2.75) is 40.0 Å². The van der Waals surface area contributed by atoms with Crippen LogP contribution >= 0.6 is 0 Å². The van der Waals surface area contributed by atoms with Crippen LogP contribution in [0.1, 0.15) is 38.3 Å². The smallest absolute Gasteiger partial charge is 0.250 e. The number of carbonyl (C=O) groups is 1. The van der Waals surface area contributed by atoms with Crippen molar-refractivity contribution >= 4 is 11.6 Å². The normalized spacial score (nSPS) is 10.4. The predicted octanol–water partition coefficient (Wildman–Crippen LogP) is 3.18. The van der Waals surface area contributed by atoms with Gasteiger partial charge in [-0.25, -0.2) is 0 Å². The molecule has 3 heteroatoms. The molecule has 0 heterocycles. The molecule has 0 radical (unpaired) electrons. The second-order valence-electron chi connectivity index (χ2n) is 4.26. The van der Waals surface area contributed by atoms with Crippen LogP contribution in [0.5, 0.6) is 0 Å². The number of amides is 1. The fraction of sp³-hybridized carbons (Fsp3) is 0.533. The van der Waals surface area contributed by atoms with Crippen LogP contribution in [0.2, 0.25) is 0 Å². The van der Waals surface area contributed by atoms with Crippen LogP contribution in [0.4, 0.5) is 5.69 Å². The van der Waals surface area contributed by atoms with E-state index in [1.807, 2.05) is 13.0 Å². The van der Waals surface area contributed by atoms with Crippen LogP contribution in [0, 0.1) is 0 Å². The average Bonchev–Trinajstić information content (AvgIpc) is 2.39. The molecule has 1 N–H and O–H groups in total. The van der Waals surface area contributed by atoms with E-state index in [0.29, 0.717) is 6.61 Å². The minimum Gasteiger partial charge on any atom is -0.372 e. The summed E-state index contributed by atoms with van der Waals surface area (Å²) in [7, 11) is 0. The Morgan fingerprint density at radius 1 is 1.17 bits per heavy atom. The number of rotatable bonds is 7. The molecule has 1 rings (SSSR count). The summed E-state index contributed by atoms with van der Waals surface area (Å²) in [5, 5.41) is 2.98. The van der Waals surface area contributed by atoms with Gasteiger partial charge < -0.3 is 10.1 Å². The molecule has 1 amide bonds. The van der Waals surface area contributed by atoms with E-state index in [4.69, 9.17) is 4.74 Å². The molecule has 0 aliphatic carbocycles. The number of benzene rings is 1. The molecule has 0 saturated heterocycles. The van der Waals surface area contributed by atoms with E-state index in [1.165, 1.54) is 11.1 Å². The van der Waals surface area contributed by atoms with E-state index >= 15 is 0 Å². The van der Waals surface area contributed by atoms with Crippen LogP contribution in [-0.2, 0) is 22.4 Å². The van der Waals surface area contributed by atoms with Gasteiger partial charge in [0.15, 0.2) is 0 Å². The predicted molar refractivity (Wildman–Crippen MR) is 74.9 cm³/mol. The summed E-state index contributed by atoms with van der Waals surface area (Å²) >= 11 is 0. The van der Waals surface area contributed by atoms with Crippen LogP contribution in [0.15, 0.2) is 18.2 Å². The molecule has 0 fully saturated rings. The van der Waals surface area contributed by atoms with Crippen molar-refractivity contribution in [3.63, 3.8) is 0 Å². The Balaban J connectivity index is 2.72. The Morgan fingerprint density at radius 2 is 1.78 bits per heavy atom. The van der Waals surface area contributed by atoms with Crippen molar-refractivity contribution in [3.8, 4) is 0 Å². The van der Waals surface area contributed by atoms with Gasteiger partial charge in [-0.3, -0.25) is 4.79 Å². The molecular formula is C15H23NO2. The molecule has 3 nitrogen and oxygen atoms in total. The highest BCUT2D eigenvalue weighted by molar-refractivity contribution is 5.93. The first-order valence-corrected chi connectivity index (χ1v) is 6.71. The second-order valence-corrected chi connectivity index (χ2v) is 4.26. The first-order chi connectivity index (χ1) is 8.72. The lowest BCUT2D eigenvalue weighted by Crippen LogP contribution is -2.20. The zero-order chi connectivity index (χ0) is 13.4. The Bertz CT molecular complexity index is 366. The third kappa shape index (κ3) is 4.15. The van der Waals surface area contributed by atoms with Crippen LogP contribution < -0.4 is 5.32 Å². The number of hydrogen-bond acceptors (Lipinski definition) is 2. The topological polar surface area (TPSA) is 38.3 Å². The number of anilines is 1. The van der Waals surface area contributed by atoms with E-state index in [1.54, 1.807) is 0 Å². The molecule has 0 unspecified atom stereocenters. The van der Waals surface area contributed by atoms with Gasteiger partial charge in [0.1, 0.15) is 6.61 Å². The summed E-state index contributed by atoms with van der Waals surface area (Å²) in [6, 6.07) is 6.16. The Labute approximate surface area is 110 Å². The van der Waals surface area contributed by atoms with Crippen LogP contribution in [0.3, 0.4) is 0 Å². The molecule has 1 aromatic carbocycles. The van der Waals surface area contributed by atoms with Gasteiger partial charge >= 0.3 is 0 Å². The fourth-order valence-corrected chi connectivity index (χ4v) is 1.89. The lowest BCUT2D eigenvalue weighted by Gasteiger charge is -2.14. The molecule has 0 bridgehead atoms. The summed E-state index contributed by atoms with van der Waals surface area (Å²) in [5.74, 6) is -0.0703. The van der Waals surface area contributed by atoms with Gasteiger partial charge in [0.25, 0.3) is 0 Å². The van der Waals surface area contributed by atoms with Gasteiger partial charge in [-0.15, -0.1) is 0 Å². The van der Waals surface area contributed by atoms with Gasteiger partial charge in [-0.1, -0.05) is 39.0 Å². The fourth-order valence-electron chi connectivity index (χ4n) is 1.89.